The molecule has 0 aliphatic carbocycles. The van der Waals surface area contributed by atoms with E-state index in [0.29, 0.717) is 17.6 Å². The average molecular weight is 419 g/mol. The predicted octanol–water partition coefficient (Wildman–Crippen LogP) is 4.06. The minimum absolute atomic E-state index is 0.221. The summed E-state index contributed by atoms with van der Waals surface area (Å²) in [5.74, 6) is -3.35. The van der Waals surface area contributed by atoms with E-state index in [1.54, 1.807) is 25.3 Å². The van der Waals surface area contributed by atoms with Crippen molar-refractivity contribution in [2.75, 3.05) is 10.5 Å². The SMILES string of the molecule is C=Cc1c[nH]c2ncc(CC(=O)c3c(F)ccc(NS(=O)(=O)CCC)c3F)cc12. The quantitative estimate of drug-likeness (QED) is 0.539. The first-order chi connectivity index (χ1) is 13.8. The fourth-order valence-corrected chi connectivity index (χ4v) is 4.11. The predicted molar refractivity (Wildman–Crippen MR) is 108 cm³/mol. The number of pyridine rings is 1. The number of benzene rings is 1. The zero-order valence-electron chi connectivity index (χ0n) is 15.6. The maximum absolute atomic E-state index is 14.8. The number of anilines is 1. The van der Waals surface area contributed by atoms with Gasteiger partial charge in [-0.1, -0.05) is 19.6 Å². The molecule has 0 spiro atoms. The van der Waals surface area contributed by atoms with Crippen LogP contribution in [-0.2, 0) is 16.4 Å². The van der Waals surface area contributed by atoms with Crippen molar-refractivity contribution in [3.8, 4) is 0 Å². The molecule has 2 heterocycles. The van der Waals surface area contributed by atoms with Crippen LogP contribution in [0.4, 0.5) is 14.5 Å². The molecule has 0 bridgehead atoms. The highest BCUT2D eigenvalue weighted by Gasteiger charge is 2.23. The van der Waals surface area contributed by atoms with Crippen molar-refractivity contribution in [3.63, 3.8) is 0 Å². The van der Waals surface area contributed by atoms with Crippen LogP contribution in [0.2, 0.25) is 0 Å². The number of sulfonamides is 1. The van der Waals surface area contributed by atoms with Crippen molar-refractivity contribution < 1.29 is 22.0 Å². The minimum Gasteiger partial charge on any atom is -0.346 e. The van der Waals surface area contributed by atoms with Crippen LogP contribution in [0, 0.1) is 11.6 Å². The summed E-state index contributed by atoms with van der Waals surface area (Å²) in [5, 5.41) is 0.729. The van der Waals surface area contributed by atoms with Gasteiger partial charge in [0, 0.05) is 29.8 Å². The van der Waals surface area contributed by atoms with E-state index in [0.717, 1.165) is 23.1 Å². The van der Waals surface area contributed by atoms with Crippen LogP contribution in [0.3, 0.4) is 0 Å². The Labute approximate surface area is 166 Å². The van der Waals surface area contributed by atoms with E-state index in [2.05, 4.69) is 21.3 Å². The number of hydrogen-bond donors (Lipinski definition) is 2. The van der Waals surface area contributed by atoms with Gasteiger partial charge in [0.1, 0.15) is 11.5 Å². The summed E-state index contributed by atoms with van der Waals surface area (Å²) in [6.07, 6.45) is 4.79. The van der Waals surface area contributed by atoms with Crippen LogP contribution in [0.15, 0.2) is 37.2 Å². The molecule has 0 aliphatic rings. The minimum atomic E-state index is -3.79. The number of rotatable bonds is 8. The van der Waals surface area contributed by atoms with Crippen molar-refractivity contribution in [2.24, 2.45) is 0 Å². The highest BCUT2D eigenvalue weighted by molar-refractivity contribution is 7.92. The Kier molecular flexibility index (Phi) is 5.78. The van der Waals surface area contributed by atoms with Crippen LogP contribution in [0.1, 0.15) is 34.8 Å². The molecule has 3 aromatic rings. The molecule has 3 rings (SSSR count). The summed E-state index contributed by atoms with van der Waals surface area (Å²) in [7, 11) is -3.79. The van der Waals surface area contributed by atoms with Gasteiger partial charge in [0.25, 0.3) is 0 Å². The van der Waals surface area contributed by atoms with Gasteiger partial charge in [-0.05, 0) is 30.2 Å². The van der Waals surface area contributed by atoms with Gasteiger partial charge in [-0.15, -0.1) is 0 Å². The van der Waals surface area contributed by atoms with E-state index in [4.69, 9.17) is 0 Å². The van der Waals surface area contributed by atoms with E-state index >= 15 is 0 Å². The molecule has 1 aromatic carbocycles. The summed E-state index contributed by atoms with van der Waals surface area (Å²) in [4.78, 5) is 19.8. The number of ketones is 1. The first-order valence-electron chi connectivity index (χ1n) is 8.86. The van der Waals surface area contributed by atoms with E-state index in [-0.39, 0.29) is 12.2 Å². The molecule has 29 heavy (non-hydrogen) atoms. The van der Waals surface area contributed by atoms with E-state index < -0.39 is 38.7 Å². The third-order valence-corrected chi connectivity index (χ3v) is 5.79. The van der Waals surface area contributed by atoms with Gasteiger partial charge in [0.2, 0.25) is 10.0 Å². The van der Waals surface area contributed by atoms with Gasteiger partial charge in [0.15, 0.2) is 11.6 Å². The molecule has 0 atom stereocenters. The van der Waals surface area contributed by atoms with Gasteiger partial charge in [-0.2, -0.15) is 0 Å². The number of fused-ring (bicyclic) bond motifs is 1. The number of nitrogens with zero attached hydrogens (tertiary/aromatic N) is 1. The lowest BCUT2D eigenvalue weighted by Crippen LogP contribution is -2.19. The van der Waals surface area contributed by atoms with Crippen LogP contribution in [0.5, 0.6) is 0 Å². The number of Topliss-reactive ketones (excluding diaryl/α,β-unsaturated/α-hetero) is 1. The number of H-pyrrole nitrogens is 1. The summed E-state index contributed by atoms with van der Waals surface area (Å²) in [6.45, 7) is 5.35. The molecular weight excluding hydrogens is 400 g/mol. The molecular formula is C20H19F2N3O3S. The van der Waals surface area contributed by atoms with E-state index in [9.17, 15) is 22.0 Å². The third-order valence-electron chi connectivity index (χ3n) is 4.31. The number of aromatic amines is 1. The molecule has 152 valence electrons. The van der Waals surface area contributed by atoms with Crippen LogP contribution >= 0.6 is 0 Å². The lowest BCUT2D eigenvalue weighted by molar-refractivity contribution is 0.0985. The number of aromatic nitrogens is 2. The van der Waals surface area contributed by atoms with Crippen LogP contribution in [-0.4, -0.2) is 29.9 Å². The summed E-state index contributed by atoms with van der Waals surface area (Å²) >= 11 is 0. The van der Waals surface area contributed by atoms with Gasteiger partial charge in [-0.3, -0.25) is 9.52 Å². The van der Waals surface area contributed by atoms with Gasteiger partial charge < -0.3 is 4.98 Å². The standard InChI is InChI=1S/C20H19F2N3O3S/c1-3-7-29(27,28)25-16-6-5-15(21)18(19(16)22)17(26)9-12-8-14-13(4-2)11-24-20(14)23-10-12/h4-6,8,10-11,25H,2-3,7,9H2,1H3,(H,23,24). The van der Waals surface area contributed by atoms with E-state index in [1.807, 2.05) is 0 Å². The second-order valence-corrected chi connectivity index (χ2v) is 8.33. The molecule has 0 unspecified atom stereocenters. The lowest BCUT2D eigenvalue weighted by Gasteiger charge is -2.11. The molecule has 0 saturated heterocycles. The summed E-state index contributed by atoms with van der Waals surface area (Å²) in [5.41, 5.74) is 0.587. The van der Waals surface area contributed by atoms with E-state index in [1.165, 1.54) is 6.20 Å². The molecule has 6 nitrogen and oxygen atoms in total. The number of nitrogens with one attached hydrogen (secondary N) is 2. The van der Waals surface area contributed by atoms with Crippen LogP contribution in [0.25, 0.3) is 17.1 Å². The molecule has 0 aliphatic heterocycles. The average Bonchev–Trinajstić information content (AvgIpc) is 3.06. The number of halogens is 2. The fraction of sp³-hybridized carbons (Fsp3) is 0.200. The zero-order valence-corrected chi connectivity index (χ0v) is 16.4. The Balaban J connectivity index is 1.93. The number of carbonyl (C=O) groups excluding carboxylic acids is 1. The molecule has 0 fully saturated rings. The van der Waals surface area contributed by atoms with Crippen molar-refractivity contribution in [3.05, 3.63) is 65.5 Å². The molecule has 9 heteroatoms. The normalized spacial score (nSPS) is 11.6. The Morgan fingerprint density at radius 2 is 2.10 bits per heavy atom. The Hall–Kier alpha value is -3.07. The highest BCUT2D eigenvalue weighted by atomic mass is 32.2. The van der Waals surface area contributed by atoms with Crippen molar-refractivity contribution in [1.29, 1.82) is 0 Å². The van der Waals surface area contributed by atoms with Crippen LogP contribution < -0.4 is 4.72 Å². The second-order valence-electron chi connectivity index (χ2n) is 6.49. The van der Waals surface area contributed by atoms with Crippen molar-refractivity contribution in [1.82, 2.24) is 9.97 Å². The van der Waals surface area contributed by atoms with Gasteiger partial charge in [0.05, 0.1) is 17.0 Å². The second kappa shape index (κ2) is 8.12. The summed E-state index contributed by atoms with van der Waals surface area (Å²) < 4.78 is 54.8. The maximum Gasteiger partial charge on any atom is 0.232 e. The smallest absolute Gasteiger partial charge is 0.232 e. The number of hydrogen-bond acceptors (Lipinski definition) is 4. The largest absolute Gasteiger partial charge is 0.346 e. The lowest BCUT2D eigenvalue weighted by atomic mass is 10.0. The third kappa shape index (κ3) is 4.34. The molecule has 2 N–H and O–H groups in total. The Morgan fingerprint density at radius 1 is 1.34 bits per heavy atom. The van der Waals surface area contributed by atoms with Gasteiger partial charge in [-0.25, -0.2) is 22.2 Å². The van der Waals surface area contributed by atoms with Gasteiger partial charge >= 0.3 is 0 Å². The molecule has 0 saturated carbocycles. The Bertz CT molecular complexity index is 1200. The fourth-order valence-electron chi connectivity index (χ4n) is 2.98. The highest BCUT2D eigenvalue weighted by Crippen LogP contribution is 2.25. The molecule has 0 radical (unpaired) electrons. The zero-order chi connectivity index (χ0) is 21.2. The molecule has 0 amide bonds. The van der Waals surface area contributed by atoms with Crippen molar-refractivity contribution in [2.45, 2.75) is 19.8 Å². The number of carbonyl (C=O) groups is 1. The Morgan fingerprint density at radius 3 is 2.79 bits per heavy atom. The first kappa shape index (κ1) is 20.7. The molecule has 2 aromatic heterocycles. The van der Waals surface area contributed by atoms with Crippen molar-refractivity contribution >= 4 is 38.6 Å². The topological polar surface area (TPSA) is 91.9 Å². The first-order valence-corrected chi connectivity index (χ1v) is 10.5. The summed E-state index contributed by atoms with van der Waals surface area (Å²) in [6, 6.07) is 3.51. The maximum atomic E-state index is 14.8. The monoisotopic (exact) mass is 419 g/mol.